The Kier molecular flexibility index (Phi) is 4.88. The predicted molar refractivity (Wildman–Crippen MR) is 106 cm³/mol. The van der Waals surface area contributed by atoms with Crippen LogP contribution in [-0.2, 0) is 13.2 Å². The van der Waals surface area contributed by atoms with Crippen LogP contribution >= 0.6 is 0 Å². The van der Waals surface area contributed by atoms with Crippen molar-refractivity contribution in [3.63, 3.8) is 0 Å². The minimum absolute atomic E-state index is 0.0949. The van der Waals surface area contributed by atoms with Gasteiger partial charge >= 0.3 is 6.18 Å². The molecule has 4 rings (SSSR count). The first-order chi connectivity index (χ1) is 14.7. The van der Waals surface area contributed by atoms with Crippen LogP contribution in [0.1, 0.15) is 21.9 Å². The van der Waals surface area contributed by atoms with Crippen molar-refractivity contribution in [2.24, 2.45) is 7.05 Å². The maximum atomic E-state index is 13.7. The third-order valence-electron chi connectivity index (χ3n) is 4.82. The number of benzene rings is 1. The Bertz CT molecular complexity index is 1270. The Hall–Kier alpha value is -3.89. The van der Waals surface area contributed by atoms with Gasteiger partial charge in [-0.05, 0) is 37.3 Å². The van der Waals surface area contributed by atoms with Crippen molar-refractivity contribution in [3.8, 4) is 17.0 Å². The Balaban J connectivity index is 1.78. The first-order valence-corrected chi connectivity index (χ1v) is 9.10. The summed E-state index contributed by atoms with van der Waals surface area (Å²) >= 11 is 0. The first kappa shape index (κ1) is 20.4. The molecule has 160 valence electrons. The molecule has 1 aromatic carbocycles. The van der Waals surface area contributed by atoms with E-state index in [-0.39, 0.29) is 17.0 Å². The lowest BCUT2D eigenvalue weighted by Gasteiger charge is -2.11. The van der Waals surface area contributed by atoms with E-state index in [0.717, 1.165) is 6.07 Å². The van der Waals surface area contributed by atoms with Gasteiger partial charge in [0.05, 0.1) is 30.4 Å². The topological polar surface area (TPSA) is 86.3 Å². The summed E-state index contributed by atoms with van der Waals surface area (Å²) in [5, 5.41) is 10.5. The third-order valence-corrected chi connectivity index (χ3v) is 4.82. The molecule has 1 amide bonds. The standard InChI is InChI=1S/C20H17F3N6O2/c1-11-16(10-24-28(11)2)26-19(30)15-9-18-25-14(12-4-6-13(31-3)7-5-12)8-17(20(21,22)23)29(18)27-15/h4-10H,1-3H3,(H,26,30). The highest BCUT2D eigenvalue weighted by Gasteiger charge is 2.35. The minimum Gasteiger partial charge on any atom is -0.497 e. The fraction of sp³-hybridized carbons (Fsp3) is 0.200. The zero-order valence-electron chi connectivity index (χ0n) is 16.7. The number of ether oxygens (including phenoxy) is 1. The van der Waals surface area contributed by atoms with E-state index in [1.54, 1.807) is 42.9 Å². The lowest BCUT2D eigenvalue weighted by molar-refractivity contribution is -0.142. The van der Waals surface area contributed by atoms with Gasteiger partial charge in [0.15, 0.2) is 17.0 Å². The van der Waals surface area contributed by atoms with Crippen molar-refractivity contribution in [1.82, 2.24) is 24.4 Å². The number of hydrogen-bond acceptors (Lipinski definition) is 5. The first-order valence-electron chi connectivity index (χ1n) is 9.10. The number of aromatic nitrogens is 5. The van der Waals surface area contributed by atoms with Gasteiger partial charge in [-0.2, -0.15) is 23.4 Å². The van der Waals surface area contributed by atoms with Crippen molar-refractivity contribution in [2.75, 3.05) is 12.4 Å². The molecule has 31 heavy (non-hydrogen) atoms. The molecule has 0 aliphatic heterocycles. The summed E-state index contributed by atoms with van der Waals surface area (Å²) in [6.07, 6.45) is -3.26. The van der Waals surface area contributed by atoms with E-state index >= 15 is 0 Å². The van der Waals surface area contributed by atoms with Crippen LogP contribution in [0.2, 0.25) is 0 Å². The van der Waals surface area contributed by atoms with E-state index < -0.39 is 17.8 Å². The second-order valence-electron chi connectivity index (χ2n) is 6.77. The summed E-state index contributed by atoms with van der Waals surface area (Å²) in [6, 6.07) is 8.57. The number of methoxy groups -OCH3 is 1. The molecule has 0 fully saturated rings. The number of hydrogen-bond donors (Lipinski definition) is 1. The Morgan fingerprint density at radius 1 is 1.16 bits per heavy atom. The van der Waals surface area contributed by atoms with Gasteiger partial charge in [0.25, 0.3) is 5.91 Å². The Morgan fingerprint density at radius 2 is 1.87 bits per heavy atom. The normalized spacial score (nSPS) is 11.7. The SMILES string of the molecule is COc1ccc(-c2cc(C(F)(F)F)n3nc(C(=O)Nc4cnn(C)c4C)cc3n2)cc1. The smallest absolute Gasteiger partial charge is 0.433 e. The fourth-order valence-corrected chi connectivity index (χ4v) is 3.00. The Morgan fingerprint density at radius 3 is 2.45 bits per heavy atom. The van der Waals surface area contributed by atoms with E-state index in [1.807, 2.05) is 0 Å². The van der Waals surface area contributed by atoms with Gasteiger partial charge in [-0.3, -0.25) is 9.48 Å². The molecule has 0 saturated carbocycles. The van der Waals surface area contributed by atoms with Crippen LogP contribution in [0.15, 0.2) is 42.6 Å². The van der Waals surface area contributed by atoms with E-state index in [4.69, 9.17) is 4.74 Å². The molecule has 11 heteroatoms. The van der Waals surface area contributed by atoms with Gasteiger partial charge in [-0.1, -0.05) is 0 Å². The van der Waals surface area contributed by atoms with Crippen LogP contribution < -0.4 is 10.1 Å². The van der Waals surface area contributed by atoms with Crippen molar-refractivity contribution in [2.45, 2.75) is 13.1 Å². The number of aryl methyl sites for hydroxylation is 1. The van der Waals surface area contributed by atoms with Crippen LogP contribution in [-0.4, -0.2) is 37.4 Å². The van der Waals surface area contributed by atoms with E-state index in [1.165, 1.54) is 19.4 Å². The third kappa shape index (κ3) is 3.81. The van der Waals surface area contributed by atoms with Gasteiger partial charge in [0, 0.05) is 18.7 Å². The van der Waals surface area contributed by atoms with Crippen LogP contribution in [0.4, 0.5) is 18.9 Å². The average Bonchev–Trinajstić information content (AvgIpc) is 3.31. The monoisotopic (exact) mass is 430 g/mol. The molecular formula is C20H17F3N6O2. The van der Waals surface area contributed by atoms with Crippen molar-refractivity contribution in [3.05, 3.63) is 59.7 Å². The second-order valence-corrected chi connectivity index (χ2v) is 6.77. The quantitative estimate of drug-likeness (QED) is 0.533. The number of anilines is 1. The molecule has 4 aromatic rings. The molecule has 0 aliphatic carbocycles. The van der Waals surface area contributed by atoms with Gasteiger partial charge in [0.2, 0.25) is 0 Å². The molecule has 0 aliphatic rings. The molecule has 0 radical (unpaired) electrons. The zero-order valence-corrected chi connectivity index (χ0v) is 16.7. The number of carbonyl (C=O) groups excluding carboxylic acids is 1. The minimum atomic E-state index is -4.71. The van der Waals surface area contributed by atoms with Crippen molar-refractivity contribution in [1.29, 1.82) is 0 Å². The molecule has 0 unspecified atom stereocenters. The summed E-state index contributed by atoms with van der Waals surface area (Å²) in [7, 11) is 3.20. The van der Waals surface area contributed by atoms with Gasteiger partial charge in [-0.25, -0.2) is 9.50 Å². The highest BCUT2D eigenvalue weighted by atomic mass is 19.4. The summed E-state index contributed by atoms with van der Waals surface area (Å²) in [4.78, 5) is 16.9. The van der Waals surface area contributed by atoms with Crippen molar-refractivity contribution >= 4 is 17.2 Å². The van der Waals surface area contributed by atoms with Crippen LogP contribution in [0.3, 0.4) is 0 Å². The molecule has 1 N–H and O–H groups in total. The molecule has 0 saturated heterocycles. The summed E-state index contributed by atoms with van der Waals surface area (Å²) < 4.78 is 48.4. The van der Waals surface area contributed by atoms with Crippen molar-refractivity contribution < 1.29 is 22.7 Å². The number of nitrogens with zero attached hydrogens (tertiary/aromatic N) is 5. The number of carbonyl (C=O) groups is 1. The lowest BCUT2D eigenvalue weighted by atomic mass is 10.1. The highest BCUT2D eigenvalue weighted by Crippen LogP contribution is 2.32. The summed E-state index contributed by atoms with van der Waals surface area (Å²) in [5.41, 5.74) is 0.340. The molecular weight excluding hydrogens is 413 g/mol. The number of rotatable bonds is 4. The van der Waals surface area contributed by atoms with Crippen LogP contribution in [0, 0.1) is 6.92 Å². The maximum Gasteiger partial charge on any atom is 0.433 e. The Labute approximate surface area is 174 Å². The van der Waals surface area contributed by atoms with Gasteiger partial charge in [0.1, 0.15) is 5.75 Å². The lowest BCUT2D eigenvalue weighted by Crippen LogP contribution is -2.16. The molecule has 0 spiro atoms. The fourth-order valence-electron chi connectivity index (χ4n) is 3.00. The highest BCUT2D eigenvalue weighted by molar-refractivity contribution is 6.03. The van der Waals surface area contributed by atoms with E-state index in [9.17, 15) is 18.0 Å². The molecule has 3 aromatic heterocycles. The van der Waals surface area contributed by atoms with E-state index in [0.29, 0.717) is 27.2 Å². The van der Waals surface area contributed by atoms with Gasteiger partial charge in [-0.15, -0.1) is 0 Å². The van der Waals surface area contributed by atoms with E-state index in [2.05, 4.69) is 20.5 Å². The average molecular weight is 430 g/mol. The van der Waals surface area contributed by atoms with Crippen LogP contribution in [0.5, 0.6) is 5.75 Å². The zero-order chi connectivity index (χ0) is 22.3. The second kappa shape index (κ2) is 7.42. The van der Waals surface area contributed by atoms with Gasteiger partial charge < -0.3 is 10.1 Å². The number of halogens is 3. The number of amides is 1. The molecule has 8 nitrogen and oxygen atoms in total. The summed E-state index contributed by atoms with van der Waals surface area (Å²) in [6.45, 7) is 1.75. The molecule has 0 bridgehead atoms. The maximum absolute atomic E-state index is 13.7. The largest absolute Gasteiger partial charge is 0.497 e. The molecule has 3 heterocycles. The summed E-state index contributed by atoms with van der Waals surface area (Å²) in [5.74, 6) is -0.101. The van der Waals surface area contributed by atoms with Crippen LogP contribution in [0.25, 0.3) is 16.9 Å². The molecule has 0 atom stereocenters. The number of fused-ring (bicyclic) bond motifs is 1. The predicted octanol–water partition coefficient (Wildman–Crippen LogP) is 3.72. The number of alkyl halides is 3. The number of nitrogens with one attached hydrogen (secondary N) is 1.